The average molecular weight is 249 g/mol. The zero-order valence-corrected chi connectivity index (χ0v) is 10.9. The van der Waals surface area contributed by atoms with Crippen LogP contribution in [0.2, 0.25) is 0 Å². The molecule has 0 radical (unpaired) electrons. The molecule has 5 nitrogen and oxygen atoms in total. The summed E-state index contributed by atoms with van der Waals surface area (Å²) in [5.41, 5.74) is 1.35. The van der Waals surface area contributed by atoms with Gasteiger partial charge < -0.3 is 0 Å². The molecule has 3 heterocycles. The molecule has 0 unspecified atom stereocenters. The van der Waals surface area contributed by atoms with Crippen molar-refractivity contribution in [3.05, 3.63) is 16.9 Å². The zero-order chi connectivity index (χ0) is 11.8. The molecule has 0 saturated heterocycles. The third kappa shape index (κ3) is 1.87. The Morgan fingerprint density at radius 1 is 1.41 bits per heavy atom. The van der Waals surface area contributed by atoms with Crippen molar-refractivity contribution >= 4 is 21.9 Å². The van der Waals surface area contributed by atoms with Crippen molar-refractivity contribution in [3.8, 4) is 0 Å². The minimum absolute atomic E-state index is 0.856. The molecule has 6 heteroatoms. The first-order valence-electron chi connectivity index (χ1n) is 5.88. The van der Waals surface area contributed by atoms with E-state index >= 15 is 0 Å². The molecular formula is C11H15N5S. The van der Waals surface area contributed by atoms with Crippen LogP contribution in [0.25, 0.3) is 10.5 Å². The molecule has 3 rings (SSSR count). The van der Waals surface area contributed by atoms with E-state index in [1.54, 1.807) is 11.3 Å². The minimum Gasteiger partial charge on any atom is -0.300 e. The van der Waals surface area contributed by atoms with Gasteiger partial charge in [0.1, 0.15) is 5.01 Å². The van der Waals surface area contributed by atoms with Crippen molar-refractivity contribution in [2.24, 2.45) is 0 Å². The number of hydrogen-bond donors (Lipinski definition) is 0. The van der Waals surface area contributed by atoms with Gasteiger partial charge in [0.05, 0.1) is 0 Å². The van der Waals surface area contributed by atoms with Gasteiger partial charge in [0.25, 0.3) is 0 Å². The fourth-order valence-corrected chi connectivity index (χ4v) is 2.99. The molecule has 0 atom stereocenters. The standard InChI is InChI=1S/C11H15N5S/c1-3-15-6-4-9(5-7-15)10-14-16-8(2)12-13-11(16)17-10/h4H,3,5-7H2,1-2H3. The van der Waals surface area contributed by atoms with Crippen LogP contribution < -0.4 is 0 Å². The summed E-state index contributed by atoms with van der Waals surface area (Å²) < 4.78 is 1.83. The van der Waals surface area contributed by atoms with Crippen LogP contribution >= 0.6 is 11.3 Å². The number of likely N-dealkylation sites (N-methyl/N-ethyl adjacent to an activating group) is 1. The molecule has 0 N–H and O–H groups in total. The van der Waals surface area contributed by atoms with Gasteiger partial charge in [0, 0.05) is 13.1 Å². The highest BCUT2D eigenvalue weighted by Crippen LogP contribution is 2.26. The van der Waals surface area contributed by atoms with Crippen molar-refractivity contribution in [2.45, 2.75) is 20.3 Å². The molecule has 2 aromatic rings. The second kappa shape index (κ2) is 4.19. The predicted octanol–water partition coefficient (Wildman–Crippen LogP) is 1.60. The van der Waals surface area contributed by atoms with Gasteiger partial charge >= 0.3 is 0 Å². The molecule has 0 amide bonds. The summed E-state index contributed by atoms with van der Waals surface area (Å²) >= 11 is 1.62. The molecule has 0 spiro atoms. The normalized spacial score (nSPS) is 17.6. The van der Waals surface area contributed by atoms with Gasteiger partial charge in [-0.25, -0.2) is 0 Å². The Hall–Kier alpha value is -1.27. The van der Waals surface area contributed by atoms with Crippen LogP contribution in [-0.2, 0) is 0 Å². The zero-order valence-electron chi connectivity index (χ0n) is 10.1. The smallest absolute Gasteiger partial charge is 0.234 e. The second-order valence-corrected chi connectivity index (χ2v) is 5.18. The van der Waals surface area contributed by atoms with Crippen molar-refractivity contribution in [1.29, 1.82) is 0 Å². The Labute approximate surface area is 104 Å². The number of nitrogens with zero attached hydrogens (tertiary/aromatic N) is 5. The first kappa shape index (κ1) is 10.9. The third-order valence-corrected chi connectivity index (χ3v) is 4.14. The lowest BCUT2D eigenvalue weighted by molar-refractivity contribution is 0.318. The van der Waals surface area contributed by atoms with Crippen LogP contribution in [0, 0.1) is 6.92 Å². The fourth-order valence-electron chi connectivity index (χ4n) is 2.04. The Bertz CT molecular complexity index is 567. The largest absolute Gasteiger partial charge is 0.300 e. The van der Waals surface area contributed by atoms with Gasteiger partial charge in [0.2, 0.25) is 4.96 Å². The number of aryl methyl sites for hydroxylation is 1. The van der Waals surface area contributed by atoms with E-state index in [1.807, 2.05) is 11.4 Å². The highest BCUT2D eigenvalue weighted by atomic mass is 32.1. The molecule has 0 aromatic carbocycles. The summed E-state index contributed by atoms with van der Waals surface area (Å²) in [7, 11) is 0. The van der Waals surface area contributed by atoms with Crippen LogP contribution in [0.3, 0.4) is 0 Å². The number of rotatable bonds is 2. The maximum Gasteiger partial charge on any atom is 0.234 e. The summed E-state index contributed by atoms with van der Waals surface area (Å²) in [6.45, 7) is 7.41. The van der Waals surface area contributed by atoms with Crippen molar-refractivity contribution in [3.63, 3.8) is 0 Å². The van der Waals surface area contributed by atoms with E-state index in [2.05, 4.69) is 33.2 Å². The fraction of sp³-hybridized carbons (Fsp3) is 0.545. The van der Waals surface area contributed by atoms with Crippen LogP contribution in [0.1, 0.15) is 24.2 Å². The monoisotopic (exact) mass is 249 g/mol. The molecule has 90 valence electrons. The number of fused-ring (bicyclic) bond motifs is 1. The first-order chi connectivity index (χ1) is 8.28. The van der Waals surface area contributed by atoms with Gasteiger partial charge in [0.15, 0.2) is 5.82 Å². The SMILES string of the molecule is CCN1CC=C(c2nn3c(C)nnc3s2)CC1. The molecule has 0 fully saturated rings. The molecule has 0 saturated carbocycles. The lowest BCUT2D eigenvalue weighted by atomic mass is 10.1. The maximum absolute atomic E-state index is 4.57. The van der Waals surface area contributed by atoms with E-state index in [0.29, 0.717) is 0 Å². The van der Waals surface area contributed by atoms with Gasteiger partial charge in [-0.15, -0.1) is 10.2 Å². The van der Waals surface area contributed by atoms with Gasteiger partial charge in [-0.3, -0.25) is 4.90 Å². The number of aromatic nitrogens is 4. The molecule has 17 heavy (non-hydrogen) atoms. The number of hydrogen-bond acceptors (Lipinski definition) is 5. The van der Waals surface area contributed by atoms with Crippen LogP contribution in [0.5, 0.6) is 0 Å². The lowest BCUT2D eigenvalue weighted by Crippen LogP contribution is -2.28. The summed E-state index contributed by atoms with van der Waals surface area (Å²) in [5, 5.41) is 13.8. The van der Waals surface area contributed by atoms with E-state index in [-0.39, 0.29) is 0 Å². The molecular weight excluding hydrogens is 234 g/mol. The highest BCUT2D eigenvalue weighted by molar-refractivity contribution is 7.17. The molecule has 1 aliphatic heterocycles. The van der Waals surface area contributed by atoms with E-state index < -0.39 is 0 Å². The highest BCUT2D eigenvalue weighted by Gasteiger charge is 2.16. The van der Waals surface area contributed by atoms with E-state index in [0.717, 1.165) is 41.8 Å². The summed E-state index contributed by atoms with van der Waals surface area (Å²) in [6.07, 6.45) is 3.37. The molecule has 0 bridgehead atoms. The summed E-state index contributed by atoms with van der Waals surface area (Å²) in [5.74, 6) is 0.856. The Kier molecular flexibility index (Phi) is 2.68. The quantitative estimate of drug-likeness (QED) is 0.811. The minimum atomic E-state index is 0.856. The van der Waals surface area contributed by atoms with Crippen LogP contribution in [0.15, 0.2) is 6.08 Å². The molecule has 2 aromatic heterocycles. The topological polar surface area (TPSA) is 46.3 Å². The van der Waals surface area contributed by atoms with E-state index in [9.17, 15) is 0 Å². The first-order valence-corrected chi connectivity index (χ1v) is 6.70. The van der Waals surface area contributed by atoms with Crippen LogP contribution in [0.4, 0.5) is 0 Å². The Morgan fingerprint density at radius 3 is 2.94 bits per heavy atom. The van der Waals surface area contributed by atoms with E-state index in [4.69, 9.17) is 0 Å². The van der Waals surface area contributed by atoms with Gasteiger partial charge in [-0.1, -0.05) is 24.3 Å². The Balaban J connectivity index is 1.91. The van der Waals surface area contributed by atoms with Crippen molar-refractivity contribution in [1.82, 2.24) is 24.7 Å². The van der Waals surface area contributed by atoms with Crippen molar-refractivity contribution < 1.29 is 0 Å². The molecule has 1 aliphatic rings. The van der Waals surface area contributed by atoms with Gasteiger partial charge in [-0.2, -0.15) is 9.61 Å². The summed E-state index contributed by atoms with van der Waals surface area (Å²) in [6, 6.07) is 0. The second-order valence-electron chi connectivity index (χ2n) is 4.22. The maximum atomic E-state index is 4.57. The molecule has 0 aliphatic carbocycles. The van der Waals surface area contributed by atoms with Crippen molar-refractivity contribution in [2.75, 3.05) is 19.6 Å². The lowest BCUT2D eigenvalue weighted by Gasteiger charge is -2.23. The Morgan fingerprint density at radius 2 is 2.29 bits per heavy atom. The van der Waals surface area contributed by atoms with Gasteiger partial charge in [-0.05, 0) is 25.5 Å². The predicted molar refractivity (Wildman–Crippen MR) is 68.1 cm³/mol. The van der Waals surface area contributed by atoms with Crippen LogP contribution in [-0.4, -0.2) is 44.3 Å². The summed E-state index contributed by atoms with van der Waals surface area (Å²) in [4.78, 5) is 3.31. The average Bonchev–Trinajstić information content (AvgIpc) is 2.92. The third-order valence-electron chi connectivity index (χ3n) is 3.16. The van der Waals surface area contributed by atoms with E-state index in [1.165, 1.54) is 5.57 Å².